The van der Waals surface area contributed by atoms with Gasteiger partial charge in [-0.05, 0) is 37.1 Å². The van der Waals surface area contributed by atoms with Crippen molar-refractivity contribution in [3.05, 3.63) is 24.3 Å². The highest BCUT2D eigenvalue weighted by Gasteiger charge is 2.10. The SMILES string of the molecule is CCS(=O)(=O)c1ccc(NCCCCCCO)cc1. The number of benzene rings is 1. The second kappa shape index (κ2) is 8.17. The Hall–Kier alpha value is -1.07. The third-order valence-corrected chi connectivity index (χ3v) is 4.76. The minimum absolute atomic E-state index is 0.130. The van der Waals surface area contributed by atoms with Gasteiger partial charge in [0.1, 0.15) is 0 Å². The van der Waals surface area contributed by atoms with E-state index in [1.165, 1.54) is 0 Å². The molecule has 0 atom stereocenters. The zero-order valence-corrected chi connectivity index (χ0v) is 12.2. The first-order chi connectivity index (χ1) is 9.10. The van der Waals surface area contributed by atoms with Crippen LogP contribution in [0.3, 0.4) is 0 Å². The van der Waals surface area contributed by atoms with Gasteiger partial charge in [-0.15, -0.1) is 0 Å². The largest absolute Gasteiger partial charge is 0.396 e. The van der Waals surface area contributed by atoms with E-state index in [9.17, 15) is 8.42 Å². The van der Waals surface area contributed by atoms with Gasteiger partial charge in [0.15, 0.2) is 9.84 Å². The molecule has 0 aliphatic carbocycles. The summed E-state index contributed by atoms with van der Waals surface area (Å²) in [5, 5.41) is 11.9. The highest BCUT2D eigenvalue weighted by atomic mass is 32.2. The smallest absolute Gasteiger partial charge is 0.178 e. The van der Waals surface area contributed by atoms with Crippen LogP contribution in [0.5, 0.6) is 0 Å². The minimum atomic E-state index is -3.10. The number of sulfone groups is 1. The standard InChI is InChI=1S/C14H23NO3S/c1-2-19(17,18)14-9-7-13(8-10-14)15-11-5-3-4-6-12-16/h7-10,15-16H,2-6,11-12H2,1H3. The third-order valence-electron chi connectivity index (χ3n) is 3.01. The van der Waals surface area contributed by atoms with E-state index in [0.29, 0.717) is 4.90 Å². The molecular weight excluding hydrogens is 262 g/mol. The van der Waals surface area contributed by atoms with Crippen molar-refractivity contribution in [3.8, 4) is 0 Å². The van der Waals surface area contributed by atoms with Crippen LogP contribution < -0.4 is 5.32 Å². The van der Waals surface area contributed by atoms with Gasteiger partial charge in [0.2, 0.25) is 0 Å². The van der Waals surface area contributed by atoms with Crippen molar-refractivity contribution in [1.29, 1.82) is 0 Å². The highest BCUT2D eigenvalue weighted by molar-refractivity contribution is 7.91. The molecule has 0 bridgehead atoms. The van der Waals surface area contributed by atoms with E-state index in [2.05, 4.69) is 5.32 Å². The number of nitrogens with one attached hydrogen (secondary N) is 1. The molecular formula is C14H23NO3S. The first kappa shape index (κ1) is 16.0. The number of anilines is 1. The fraction of sp³-hybridized carbons (Fsp3) is 0.571. The Morgan fingerprint density at radius 1 is 1.05 bits per heavy atom. The number of unbranched alkanes of at least 4 members (excludes halogenated alkanes) is 3. The Balaban J connectivity index is 2.37. The van der Waals surface area contributed by atoms with E-state index < -0.39 is 9.84 Å². The molecule has 0 fully saturated rings. The molecule has 19 heavy (non-hydrogen) atoms. The summed E-state index contributed by atoms with van der Waals surface area (Å²) in [6.07, 6.45) is 4.06. The maximum Gasteiger partial charge on any atom is 0.178 e. The Kier molecular flexibility index (Phi) is 6.87. The Morgan fingerprint density at radius 3 is 2.26 bits per heavy atom. The maximum absolute atomic E-state index is 11.6. The number of rotatable bonds is 9. The molecule has 2 N–H and O–H groups in total. The van der Waals surface area contributed by atoms with Gasteiger partial charge < -0.3 is 10.4 Å². The van der Waals surface area contributed by atoms with Crippen LogP contribution in [0.2, 0.25) is 0 Å². The molecule has 5 heteroatoms. The molecule has 0 heterocycles. The van der Waals surface area contributed by atoms with Crippen LogP contribution in [0, 0.1) is 0 Å². The fourth-order valence-corrected chi connectivity index (χ4v) is 2.65. The van der Waals surface area contributed by atoms with E-state index in [0.717, 1.165) is 37.9 Å². The molecule has 108 valence electrons. The lowest BCUT2D eigenvalue weighted by molar-refractivity contribution is 0.283. The number of hydrogen-bond donors (Lipinski definition) is 2. The lowest BCUT2D eigenvalue weighted by Gasteiger charge is -2.07. The van der Waals surface area contributed by atoms with Gasteiger partial charge in [0.25, 0.3) is 0 Å². The van der Waals surface area contributed by atoms with Gasteiger partial charge in [-0.25, -0.2) is 8.42 Å². The number of aliphatic hydroxyl groups is 1. The lowest BCUT2D eigenvalue weighted by atomic mass is 10.2. The molecule has 1 aromatic carbocycles. The van der Waals surface area contributed by atoms with Crippen molar-refractivity contribution in [2.75, 3.05) is 24.2 Å². The van der Waals surface area contributed by atoms with Crippen molar-refractivity contribution in [2.45, 2.75) is 37.5 Å². The molecule has 0 unspecified atom stereocenters. The average Bonchev–Trinajstić information content (AvgIpc) is 2.43. The normalized spacial score (nSPS) is 11.5. The molecule has 0 saturated carbocycles. The van der Waals surface area contributed by atoms with Gasteiger partial charge in [0.05, 0.1) is 10.6 Å². The number of aliphatic hydroxyl groups excluding tert-OH is 1. The van der Waals surface area contributed by atoms with Crippen LogP contribution in [-0.2, 0) is 9.84 Å². The minimum Gasteiger partial charge on any atom is -0.396 e. The summed E-state index contributed by atoms with van der Waals surface area (Å²) >= 11 is 0. The van der Waals surface area contributed by atoms with Gasteiger partial charge in [-0.3, -0.25) is 0 Å². The van der Waals surface area contributed by atoms with Gasteiger partial charge in [0, 0.05) is 18.8 Å². The number of hydrogen-bond acceptors (Lipinski definition) is 4. The van der Waals surface area contributed by atoms with Gasteiger partial charge in [-0.1, -0.05) is 19.8 Å². The van der Waals surface area contributed by atoms with Crippen LogP contribution >= 0.6 is 0 Å². The second-order valence-corrected chi connectivity index (χ2v) is 6.77. The molecule has 0 spiro atoms. The lowest BCUT2D eigenvalue weighted by Crippen LogP contribution is -2.05. The van der Waals surface area contributed by atoms with Crippen LogP contribution in [-0.4, -0.2) is 32.4 Å². The molecule has 1 rings (SSSR count). The average molecular weight is 285 g/mol. The zero-order valence-electron chi connectivity index (χ0n) is 11.4. The zero-order chi connectivity index (χ0) is 14.1. The predicted octanol–water partition coefficient (Wildman–Crippen LogP) is 2.44. The molecule has 0 saturated heterocycles. The first-order valence-electron chi connectivity index (χ1n) is 6.77. The van der Waals surface area contributed by atoms with Crippen molar-refractivity contribution < 1.29 is 13.5 Å². The molecule has 0 aromatic heterocycles. The van der Waals surface area contributed by atoms with Crippen molar-refractivity contribution in [3.63, 3.8) is 0 Å². The van der Waals surface area contributed by atoms with Crippen LogP contribution in [0.15, 0.2) is 29.2 Å². The maximum atomic E-state index is 11.6. The first-order valence-corrected chi connectivity index (χ1v) is 8.43. The highest BCUT2D eigenvalue weighted by Crippen LogP contribution is 2.15. The Morgan fingerprint density at radius 2 is 1.68 bits per heavy atom. The monoisotopic (exact) mass is 285 g/mol. The molecule has 0 radical (unpaired) electrons. The Labute approximate surface area is 115 Å². The molecule has 0 aliphatic heterocycles. The van der Waals surface area contributed by atoms with E-state index in [4.69, 9.17) is 5.11 Å². The summed E-state index contributed by atoms with van der Waals surface area (Å²) in [6, 6.07) is 6.90. The summed E-state index contributed by atoms with van der Waals surface area (Å²) < 4.78 is 23.3. The Bertz CT molecular complexity index is 454. The predicted molar refractivity (Wildman–Crippen MR) is 78.2 cm³/mol. The molecule has 0 amide bonds. The fourth-order valence-electron chi connectivity index (χ4n) is 1.77. The molecule has 1 aromatic rings. The van der Waals surface area contributed by atoms with E-state index in [-0.39, 0.29) is 12.4 Å². The van der Waals surface area contributed by atoms with Crippen LogP contribution in [0.1, 0.15) is 32.6 Å². The molecule has 0 aliphatic rings. The third kappa shape index (κ3) is 5.61. The second-order valence-electron chi connectivity index (χ2n) is 4.49. The summed E-state index contributed by atoms with van der Waals surface area (Å²) in [6.45, 7) is 2.78. The van der Waals surface area contributed by atoms with E-state index in [1.54, 1.807) is 31.2 Å². The van der Waals surface area contributed by atoms with Crippen molar-refractivity contribution in [2.24, 2.45) is 0 Å². The summed E-state index contributed by atoms with van der Waals surface area (Å²) in [4.78, 5) is 0.378. The van der Waals surface area contributed by atoms with Crippen LogP contribution in [0.4, 0.5) is 5.69 Å². The van der Waals surface area contributed by atoms with Gasteiger partial charge in [-0.2, -0.15) is 0 Å². The van der Waals surface area contributed by atoms with Crippen molar-refractivity contribution in [1.82, 2.24) is 0 Å². The molecule has 4 nitrogen and oxygen atoms in total. The quantitative estimate of drug-likeness (QED) is 0.684. The van der Waals surface area contributed by atoms with Gasteiger partial charge >= 0.3 is 0 Å². The van der Waals surface area contributed by atoms with E-state index >= 15 is 0 Å². The summed E-state index contributed by atoms with van der Waals surface area (Å²) in [5.41, 5.74) is 0.942. The summed E-state index contributed by atoms with van der Waals surface area (Å²) in [7, 11) is -3.10. The van der Waals surface area contributed by atoms with E-state index in [1.807, 2.05) is 0 Å². The van der Waals surface area contributed by atoms with Crippen molar-refractivity contribution >= 4 is 15.5 Å². The topological polar surface area (TPSA) is 66.4 Å². The van der Waals surface area contributed by atoms with Crippen LogP contribution in [0.25, 0.3) is 0 Å². The summed E-state index contributed by atoms with van der Waals surface area (Å²) in [5.74, 6) is 0.130.